The Balaban J connectivity index is 2.03. The third-order valence-electron chi connectivity index (χ3n) is 5.81. The molecule has 2 aromatic carbocycles. The Kier molecular flexibility index (Phi) is 6.10. The Morgan fingerprint density at radius 2 is 1.78 bits per heavy atom. The van der Waals surface area contributed by atoms with Crippen LogP contribution in [-0.4, -0.2) is 27.5 Å². The van der Waals surface area contributed by atoms with Gasteiger partial charge < -0.3 is 5.11 Å². The molecule has 2 heterocycles. The quantitative estimate of drug-likeness (QED) is 0.387. The molecule has 162 valence electrons. The van der Waals surface area contributed by atoms with Crippen molar-refractivity contribution in [1.82, 2.24) is 9.97 Å². The number of halogens is 1. The highest BCUT2D eigenvalue weighted by atomic mass is 19.1. The van der Waals surface area contributed by atoms with E-state index in [0.717, 1.165) is 27.6 Å². The monoisotopic (exact) mass is 428 g/mol. The zero-order valence-corrected chi connectivity index (χ0v) is 18.4. The number of ketones is 1. The van der Waals surface area contributed by atoms with Crippen LogP contribution >= 0.6 is 0 Å². The minimum Gasteiger partial charge on any atom is -0.396 e. The highest BCUT2D eigenvalue weighted by Crippen LogP contribution is 2.38. The molecule has 2 aromatic heterocycles. The van der Waals surface area contributed by atoms with Gasteiger partial charge in [-0.25, -0.2) is 9.37 Å². The Morgan fingerprint density at radius 3 is 2.47 bits per heavy atom. The molecule has 32 heavy (non-hydrogen) atoms. The number of aryl methyl sites for hydroxylation is 2. The SMILES string of the molecule is Cc1cc2nc(C(=O)C[C@@H](C)CO)cc(-c3ccccc3F)c2c(C)c1-c1ccncc1. The summed E-state index contributed by atoms with van der Waals surface area (Å²) in [5, 5.41) is 10.2. The number of nitrogens with zero attached hydrogens (tertiary/aromatic N) is 2. The fourth-order valence-corrected chi connectivity index (χ4v) is 4.24. The van der Waals surface area contributed by atoms with E-state index in [0.29, 0.717) is 16.6 Å². The zero-order valence-electron chi connectivity index (χ0n) is 18.4. The minimum atomic E-state index is -0.354. The van der Waals surface area contributed by atoms with Gasteiger partial charge in [-0.15, -0.1) is 0 Å². The Bertz CT molecular complexity index is 1300. The first-order valence-electron chi connectivity index (χ1n) is 10.6. The number of hydrogen-bond acceptors (Lipinski definition) is 4. The molecule has 0 saturated heterocycles. The molecule has 4 nitrogen and oxygen atoms in total. The van der Waals surface area contributed by atoms with Crippen LogP contribution in [0, 0.1) is 25.6 Å². The highest BCUT2D eigenvalue weighted by Gasteiger charge is 2.20. The number of fused-ring (bicyclic) bond motifs is 1. The number of rotatable bonds is 6. The summed E-state index contributed by atoms with van der Waals surface area (Å²) in [6, 6.07) is 14.1. The molecule has 0 spiro atoms. The summed E-state index contributed by atoms with van der Waals surface area (Å²) >= 11 is 0. The third kappa shape index (κ3) is 4.04. The normalized spacial score (nSPS) is 12.2. The smallest absolute Gasteiger partial charge is 0.181 e. The lowest BCUT2D eigenvalue weighted by Gasteiger charge is -2.18. The van der Waals surface area contributed by atoms with E-state index >= 15 is 0 Å². The number of hydrogen-bond donors (Lipinski definition) is 1. The van der Waals surface area contributed by atoms with Gasteiger partial charge in [0.2, 0.25) is 0 Å². The van der Waals surface area contributed by atoms with Crippen LogP contribution in [0.2, 0.25) is 0 Å². The number of aromatic nitrogens is 2. The van der Waals surface area contributed by atoms with Gasteiger partial charge in [-0.3, -0.25) is 9.78 Å². The Hall–Kier alpha value is -3.44. The van der Waals surface area contributed by atoms with Gasteiger partial charge in [0.05, 0.1) is 5.52 Å². The van der Waals surface area contributed by atoms with Crippen molar-refractivity contribution in [2.75, 3.05) is 6.61 Å². The lowest BCUT2D eigenvalue weighted by atomic mass is 9.88. The molecular formula is C27H25FN2O2. The summed E-state index contributed by atoms with van der Waals surface area (Å²) in [6.45, 7) is 5.75. The van der Waals surface area contributed by atoms with Crippen LogP contribution in [-0.2, 0) is 0 Å². The van der Waals surface area contributed by atoms with Crippen molar-refractivity contribution in [3.63, 3.8) is 0 Å². The standard InChI is InChI=1S/C27H25FN2O2/c1-16(15-31)12-25(32)23-14-21(20-6-4-5-7-22(20)28)27-18(3)26(17(2)13-24(27)30-23)19-8-10-29-11-9-19/h4-11,13-14,16,31H,12,15H2,1-3H3/t16-/m1/s1. The lowest BCUT2D eigenvalue weighted by Crippen LogP contribution is -2.11. The van der Waals surface area contributed by atoms with Crippen LogP contribution in [0.5, 0.6) is 0 Å². The van der Waals surface area contributed by atoms with Gasteiger partial charge in [0.1, 0.15) is 11.5 Å². The predicted octanol–water partition coefficient (Wildman–Crippen LogP) is 5.92. The molecular weight excluding hydrogens is 403 g/mol. The fraction of sp³-hybridized carbons (Fsp3) is 0.222. The van der Waals surface area contributed by atoms with Gasteiger partial charge in [0, 0.05) is 36.4 Å². The van der Waals surface area contributed by atoms with Crippen LogP contribution in [0.3, 0.4) is 0 Å². The number of benzene rings is 2. The van der Waals surface area contributed by atoms with Crippen LogP contribution in [0.25, 0.3) is 33.2 Å². The van der Waals surface area contributed by atoms with Gasteiger partial charge in [-0.2, -0.15) is 0 Å². The molecule has 0 saturated carbocycles. The van der Waals surface area contributed by atoms with E-state index in [1.807, 2.05) is 39.0 Å². The highest BCUT2D eigenvalue weighted by molar-refractivity contribution is 6.05. The summed E-state index contributed by atoms with van der Waals surface area (Å²) in [6.07, 6.45) is 3.68. The van der Waals surface area contributed by atoms with E-state index in [1.165, 1.54) is 6.07 Å². The first-order chi connectivity index (χ1) is 15.4. The van der Waals surface area contributed by atoms with Gasteiger partial charge in [-0.1, -0.05) is 25.1 Å². The van der Waals surface area contributed by atoms with Crippen LogP contribution < -0.4 is 0 Å². The zero-order chi connectivity index (χ0) is 22.8. The molecule has 0 bridgehead atoms. The van der Waals surface area contributed by atoms with Crippen LogP contribution in [0.1, 0.15) is 35.0 Å². The first-order valence-corrected chi connectivity index (χ1v) is 10.6. The molecule has 4 rings (SSSR count). The lowest BCUT2D eigenvalue weighted by molar-refractivity contribution is 0.0939. The average Bonchev–Trinajstić information content (AvgIpc) is 2.79. The maximum absolute atomic E-state index is 14.9. The molecule has 0 fully saturated rings. The summed E-state index contributed by atoms with van der Waals surface area (Å²) in [7, 11) is 0. The second kappa shape index (κ2) is 8.97. The van der Waals surface area contributed by atoms with Crippen molar-refractivity contribution in [3.05, 3.63) is 83.6 Å². The number of aliphatic hydroxyl groups excluding tert-OH is 1. The molecule has 0 amide bonds. The summed E-state index contributed by atoms with van der Waals surface area (Å²) in [4.78, 5) is 21.7. The Labute approximate surface area is 186 Å². The predicted molar refractivity (Wildman–Crippen MR) is 125 cm³/mol. The number of pyridine rings is 2. The van der Waals surface area contributed by atoms with Crippen molar-refractivity contribution < 1.29 is 14.3 Å². The van der Waals surface area contributed by atoms with E-state index in [4.69, 9.17) is 0 Å². The van der Waals surface area contributed by atoms with Crippen molar-refractivity contribution in [2.24, 2.45) is 5.92 Å². The van der Waals surface area contributed by atoms with E-state index in [9.17, 15) is 14.3 Å². The minimum absolute atomic E-state index is 0.0764. The second-order valence-corrected chi connectivity index (χ2v) is 8.27. The molecule has 1 atom stereocenters. The van der Waals surface area contributed by atoms with Crippen molar-refractivity contribution in [3.8, 4) is 22.3 Å². The Morgan fingerprint density at radius 1 is 1.06 bits per heavy atom. The molecule has 0 aliphatic heterocycles. The molecule has 0 aliphatic rings. The number of aliphatic hydroxyl groups is 1. The van der Waals surface area contributed by atoms with Crippen molar-refractivity contribution >= 4 is 16.7 Å². The van der Waals surface area contributed by atoms with Gasteiger partial charge in [0.25, 0.3) is 0 Å². The molecule has 0 unspecified atom stereocenters. The van der Waals surface area contributed by atoms with Gasteiger partial charge >= 0.3 is 0 Å². The number of Topliss-reactive ketones (excluding diaryl/α,β-unsaturated/α-hetero) is 1. The number of carbonyl (C=O) groups excluding carboxylic acids is 1. The van der Waals surface area contributed by atoms with Crippen LogP contribution in [0.15, 0.2) is 60.9 Å². The van der Waals surface area contributed by atoms with Crippen molar-refractivity contribution in [1.29, 1.82) is 0 Å². The average molecular weight is 429 g/mol. The van der Waals surface area contributed by atoms with E-state index in [2.05, 4.69) is 9.97 Å². The van der Waals surface area contributed by atoms with E-state index in [1.54, 1.807) is 36.7 Å². The fourth-order valence-electron chi connectivity index (χ4n) is 4.24. The van der Waals surface area contributed by atoms with E-state index in [-0.39, 0.29) is 36.2 Å². The molecule has 1 N–H and O–H groups in total. The molecule has 5 heteroatoms. The first kappa shape index (κ1) is 21.8. The molecule has 4 aromatic rings. The topological polar surface area (TPSA) is 63.1 Å². The second-order valence-electron chi connectivity index (χ2n) is 8.27. The molecule has 0 aliphatic carbocycles. The maximum Gasteiger partial charge on any atom is 0.181 e. The van der Waals surface area contributed by atoms with Gasteiger partial charge in [-0.05, 0) is 77.9 Å². The largest absolute Gasteiger partial charge is 0.396 e. The summed E-state index contributed by atoms with van der Waals surface area (Å²) in [5.74, 6) is -0.693. The van der Waals surface area contributed by atoms with Gasteiger partial charge in [0.15, 0.2) is 5.78 Å². The van der Waals surface area contributed by atoms with E-state index < -0.39 is 0 Å². The van der Waals surface area contributed by atoms with Crippen LogP contribution in [0.4, 0.5) is 4.39 Å². The molecule has 0 radical (unpaired) electrons. The summed E-state index contributed by atoms with van der Waals surface area (Å²) in [5.41, 5.74) is 6.06. The summed E-state index contributed by atoms with van der Waals surface area (Å²) < 4.78 is 14.9. The number of carbonyl (C=O) groups is 1. The maximum atomic E-state index is 14.9. The van der Waals surface area contributed by atoms with Crippen molar-refractivity contribution in [2.45, 2.75) is 27.2 Å². The third-order valence-corrected chi connectivity index (χ3v) is 5.81.